The van der Waals surface area contributed by atoms with Gasteiger partial charge in [0, 0.05) is 30.2 Å². The van der Waals surface area contributed by atoms with Crippen LogP contribution in [-0.2, 0) is 13.1 Å². The van der Waals surface area contributed by atoms with E-state index in [2.05, 4.69) is 41.1 Å². The largest absolute Gasteiger partial charge is 0.489 e. The Bertz CT molecular complexity index is 556. The number of aromatic nitrogens is 1. The molecule has 0 bridgehead atoms. The van der Waals surface area contributed by atoms with Crippen molar-refractivity contribution in [3.05, 3.63) is 46.4 Å². The van der Waals surface area contributed by atoms with Crippen LogP contribution in [-0.4, -0.2) is 22.5 Å². The van der Waals surface area contributed by atoms with Crippen molar-refractivity contribution in [3.8, 4) is 5.75 Å². The van der Waals surface area contributed by atoms with Crippen LogP contribution in [0, 0.1) is 0 Å². The molecule has 1 aromatic heterocycles. The van der Waals surface area contributed by atoms with Crippen LogP contribution in [0.3, 0.4) is 0 Å². The van der Waals surface area contributed by atoms with Crippen molar-refractivity contribution in [2.45, 2.75) is 45.4 Å². The maximum absolute atomic E-state index is 6.25. The topological polar surface area (TPSA) is 25.4 Å². The van der Waals surface area contributed by atoms with Crippen LogP contribution in [0.2, 0.25) is 0 Å². The lowest BCUT2D eigenvalue weighted by Crippen LogP contribution is -2.32. The van der Waals surface area contributed by atoms with Gasteiger partial charge in [-0.3, -0.25) is 4.90 Å². The fourth-order valence-corrected chi connectivity index (χ4v) is 3.44. The van der Waals surface area contributed by atoms with Crippen LogP contribution in [0.4, 0.5) is 0 Å². The summed E-state index contributed by atoms with van der Waals surface area (Å²) in [5.41, 5.74) is 1.29. The lowest BCUT2D eigenvalue weighted by atomic mass is 10.1. The summed E-state index contributed by atoms with van der Waals surface area (Å²) in [6.45, 7) is 5.07. The molecule has 1 aliphatic heterocycles. The number of fused-ring (bicyclic) bond motifs is 1. The molecule has 21 heavy (non-hydrogen) atoms. The van der Waals surface area contributed by atoms with E-state index in [0.717, 1.165) is 31.8 Å². The van der Waals surface area contributed by atoms with Crippen molar-refractivity contribution in [2.24, 2.45) is 0 Å². The van der Waals surface area contributed by atoms with Gasteiger partial charge in [0.2, 0.25) is 0 Å². The minimum absolute atomic E-state index is 0.286. The molecule has 1 unspecified atom stereocenters. The average molecular weight is 302 g/mol. The van der Waals surface area contributed by atoms with E-state index >= 15 is 0 Å². The van der Waals surface area contributed by atoms with E-state index in [1.165, 1.54) is 23.4 Å². The quantitative estimate of drug-likeness (QED) is 0.831. The SMILES string of the molecule is CCCCC1CN(Cc2nccs2)Cc2ccccc2O1. The fourth-order valence-electron chi connectivity index (χ4n) is 2.78. The van der Waals surface area contributed by atoms with Crippen LogP contribution >= 0.6 is 11.3 Å². The lowest BCUT2D eigenvalue weighted by molar-refractivity contribution is 0.133. The Kier molecular flexibility index (Phi) is 4.88. The number of rotatable bonds is 5. The predicted molar refractivity (Wildman–Crippen MR) is 86.6 cm³/mol. The third-order valence-corrected chi connectivity index (χ3v) is 4.61. The first kappa shape index (κ1) is 14.5. The number of hydrogen-bond donors (Lipinski definition) is 0. The van der Waals surface area contributed by atoms with Crippen molar-refractivity contribution < 1.29 is 4.74 Å². The summed E-state index contributed by atoms with van der Waals surface area (Å²) in [5, 5.41) is 3.23. The van der Waals surface area contributed by atoms with Crippen molar-refractivity contribution >= 4 is 11.3 Å². The van der Waals surface area contributed by atoms with Crippen molar-refractivity contribution in [3.63, 3.8) is 0 Å². The number of nitrogens with zero attached hydrogens (tertiary/aromatic N) is 2. The zero-order valence-electron chi connectivity index (χ0n) is 12.5. The summed E-state index contributed by atoms with van der Waals surface area (Å²) in [4.78, 5) is 6.88. The number of para-hydroxylation sites is 1. The molecule has 4 heteroatoms. The van der Waals surface area contributed by atoms with E-state index in [1.54, 1.807) is 11.3 Å². The van der Waals surface area contributed by atoms with Gasteiger partial charge < -0.3 is 4.74 Å². The molecule has 0 saturated carbocycles. The third kappa shape index (κ3) is 3.83. The summed E-state index contributed by atoms with van der Waals surface area (Å²) >= 11 is 1.73. The molecule has 2 heterocycles. The molecule has 112 valence electrons. The summed E-state index contributed by atoms with van der Waals surface area (Å²) in [6.07, 6.45) is 5.73. The highest BCUT2D eigenvalue weighted by Gasteiger charge is 2.22. The summed E-state index contributed by atoms with van der Waals surface area (Å²) in [7, 11) is 0. The van der Waals surface area contributed by atoms with Gasteiger partial charge in [0.1, 0.15) is 16.9 Å². The van der Waals surface area contributed by atoms with E-state index in [9.17, 15) is 0 Å². The first-order valence-corrected chi connectivity index (χ1v) is 8.58. The van der Waals surface area contributed by atoms with Gasteiger partial charge in [-0.2, -0.15) is 0 Å². The second-order valence-electron chi connectivity index (χ2n) is 5.59. The molecule has 1 aromatic carbocycles. The minimum Gasteiger partial charge on any atom is -0.489 e. The Morgan fingerprint density at radius 2 is 2.29 bits per heavy atom. The second-order valence-corrected chi connectivity index (χ2v) is 6.56. The standard InChI is InChI=1S/C17H22N2OS/c1-2-3-7-15-12-19(13-17-18-9-10-21-17)11-14-6-4-5-8-16(14)20-15/h4-6,8-10,15H,2-3,7,11-13H2,1H3. The van der Waals surface area contributed by atoms with Crippen LogP contribution in [0.15, 0.2) is 35.8 Å². The Balaban J connectivity index is 1.77. The fraction of sp³-hybridized carbons (Fsp3) is 0.471. The number of unbranched alkanes of at least 4 members (excludes halogenated alkanes) is 1. The van der Waals surface area contributed by atoms with E-state index in [0.29, 0.717) is 0 Å². The van der Waals surface area contributed by atoms with E-state index in [4.69, 9.17) is 4.74 Å². The Hall–Kier alpha value is -1.39. The predicted octanol–water partition coefficient (Wildman–Crippen LogP) is 4.10. The van der Waals surface area contributed by atoms with E-state index < -0.39 is 0 Å². The lowest BCUT2D eigenvalue weighted by Gasteiger charge is -2.23. The molecule has 0 radical (unpaired) electrons. The van der Waals surface area contributed by atoms with Gasteiger partial charge in [-0.05, 0) is 18.9 Å². The Morgan fingerprint density at radius 3 is 3.10 bits per heavy atom. The van der Waals surface area contributed by atoms with Crippen molar-refractivity contribution in [1.82, 2.24) is 9.88 Å². The zero-order valence-corrected chi connectivity index (χ0v) is 13.3. The summed E-state index contributed by atoms with van der Waals surface area (Å²) < 4.78 is 6.25. The normalized spacial score (nSPS) is 18.8. The van der Waals surface area contributed by atoms with Crippen molar-refractivity contribution in [2.75, 3.05) is 6.54 Å². The maximum atomic E-state index is 6.25. The molecular formula is C17H22N2OS. The molecule has 0 amide bonds. The van der Waals surface area contributed by atoms with Crippen molar-refractivity contribution in [1.29, 1.82) is 0 Å². The Morgan fingerprint density at radius 1 is 1.38 bits per heavy atom. The molecule has 2 aromatic rings. The first-order chi connectivity index (χ1) is 10.3. The van der Waals surface area contributed by atoms with Crippen LogP contribution < -0.4 is 4.74 Å². The molecular weight excluding hydrogens is 280 g/mol. The van der Waals surface area contributed by atoms with E-state index in [1.807, 2.05) is 11.6 Å². The highest BCUT2D eigenvalue weighted by Crippen LogP contribution is 2.27. The molecule has 3 rings (SSSR count). The highest BCUT2D eigenvalue weighted by atomic mass is 32.1. The molecule has 0 fully saturated rings. The molecule has 1 atom stereocenters. The number of hydrogen-bond acceptors (Lipinski definition) is 4. The minimum atomic E-state index is 0.286. The van der Waals surface area contributed by atoms with Gasteiger partial charge >= 0.3 is 0 Å². The molecule has 0 spiro atoms. The van der Waals surface area contributed by atoms with Crippen LogP contribution in [0.5, 0.6) is 5.75 Å². The molecule has 0 N–H and O–H groups in total. The van der Waals surface area contributed by atoms with Gasteiger partial charge in [0.15, 0.2) is 0 Å². The van der Waals surface area contributed by atoms with Gasteiger partial charge in [0.05, 0.1) is 6.54 Å². The first-order valence-electron chi connectivity index (χ1n) is 7.70. The Labute approximate surface area is 130 Å². The van der Waals surface area contributed by atoms with E-state index in [-0.39, 0.29) is 6.10 Å². The van der Waals surface area contributed by atoms with Gasteiger partial charge in [0.25, 0.3) is 0 Å². The van der Waals surface area contributed by atoms with Crippen LogP contribution in [0.1, 0.15) is 36.8 Å². The second kappa shape index (κ2) is 7.05. The third-order valence-electron chi connectivity index (χ3n) is 3.84. The maximum Gasteiger partial charge on any atom is 0.124 e. The summed E-state index contributed by atoms with van der Waals surface area (Å²) in [6, 6.07) is 8.43. The number of benzene rings is 1. The van der Waals surface area contributed by atoms with Gasteiger partial charge in [-0.15, -0.1) is 11.3 Å². The number of ether oxygens (including phenoxy) is 1. The van der Waals surface area contributed by atoms with Gasteiger partial charge in [-0.1, -0.05) is 31.5 Å². The summed E-state index contributed by atoms with van der Waals surface area (Å²) in [5.74, 6) is 1.06. The number of thiazole rings is 1. The monoisotopic (exact) mass is 302 g/mol. The smallest absolute Gasteiger partial charge is 0.124 e. The van der Waals surface area contributed by atoms with Gasteiger partial charge in [-0.25, -0.2) is 4.98 Å². The average Bonchev–Trinajstić information content (AvgIpc) is 2.92. The molecule has 3 nitrogen and oxygen atoms in total. The molecule has 0 saturated heterocycles. The molecule has 0 aliphatic carbocycles. The van der Waals surface area contributed by atoms with Crippen LogP contribution in [0.25, 0.3) is 0 Å². The molecule has 1 aliphatic rings. The highest BCUT2D eigenvalue weighted by molar-refractivity contribution is 7.09. The zero-order chi connectivity index (χ0) is 14.5.